The summed E-state index contributed by atoms with van der Waals surface area (Å²) in [4.78, 5) is 0. The molecule has 0 saturated heterocycles. The summed E-state index contributed by atoms with van der Waals surface area (Å²) >= 11 is 0. The summed E-state index contributed by atoms with van der Waals surface area (Å²) < 4.78 is 11.0. The van der Waals surface area contributed by atoms with Gasteiger partial charge < -0.3 is 14.6 Å². The molecule has 0 fully saturated rings. The lowest BCUT2D eigenvalue weighted by Crippen LogP contribution is -2.04. The molecule has 0 spiro atoms. The molecule has 3 rings (SSSR count). The maximum Gasteiger partial charge on any atom is 0.128 e. The van der Waals surface area contributed by atoms with Crippen molar-refractivity contribution in [3.05, 3.63) is 59.2 Å². The highest BCUT2D eigenvalue weighted by molar-refractivity contribution is 5.50. The fourth-order valence-electron chi connectivity index (χ4n) is 2.52. The fraction of sp³-hybridized carbons (Fsp3) is 0.250. The first-order chi connectivity index (χ1) is 9.31. The second-order valence-corrected chi connectivity index (χ2v) is 4.58. The molecule has 1 unspecified atom stereocenters. The van der Waals surface area contributed by atoms with Gasteiger partial charge in [-0.3, -0.25) is 0 Å². The van der Waals surface area contributed by atoms with Crippen molar-refractivity contribution in [2.45, 2.75) is 12.5 Å². The quantitative estimate of drug-likeness (QED) is 0.917. The Labute approximate surface area is 112 Å². The van der Waals surface area contributed by atoms with Crippen LogP contribution < -0.4 is 9.47 Å². The standard InChI is InChI=1S/C16H16O3/c1-18-14-8-3-2-6-12(14)15(17)13-7-4-5-11-9-10-19-16(11)13/h2-8,15,17H,9-10H2,1H3. The van der Waals surface area contributed by atoms with Gasteiger partial charge in [0.2, 0.25) is 0 Å². The molecule has 1 aliphatic heterocycles. The van der Waals surface area contributed by atoms with Crippen molar-refractivity contribution >= 4 is 0 Å². The number of hydrogen-bond acceptors (Lipinski definition) is 3. The molecule has 1 aliphatic rings. The first kappa shape index (κ1) is 12.1. The first-order valence-corrected chi connectivity index (χ1v) is 6.37. The van der Waals surface area contributed by atoms with Crippen LogP contribution in [0.25, 0.3) is 0 Å². The van der Waals surface area contributed by atoms with E-state index in [1.165, 1.54) is 0 Å². The van der Waals surface area contributed by atoms with Crippen LogP contribution in [0.4, 0.5) is 0 Å². The SMILES string of the molecule is COc1ccccc1C(O)c1cccc2c1OCC2. The summed E-state index contributed by atoms with van der Waals surface area (Å²) in [5.41, 5.74) is 2.72. The maximum atomic E-state index is 10.6. The van der Waals surface area contributed by atoms with Gasteiger partial charge in [-0.2, -0.15) is 0 Å². The van der Waals surface area contributed by atoms with Crippen LogP contribution in [0.15, 0.2) is 42.5 Å². The lowest BCUT2D eigenvalue weighted by atomic mass is 9.97. The van der Waals surface area contributed by atoms with E-state index in [1.807, 2.05) is 42.5 Å². The van der Waals surface area contributed by atoms with Crippen molar-refractivity contribution in [1.82, 2.24) is 0 Å². The highest BCUT2D eigenvalue weighted by Crippen LogP contribution is 2.38. The van der Waals surface area contributed by atoms with Gasteiger partial charge in [-0.25, -0.2) is 0 Å². The van der Waals surface area contributed by atoms with E-state index in [4.69, 9.17) is 9.47 Å². The van der Waals surface area contributed by atoms with Crippen molar-refractivity contribution in [3.63, 3.8) is 0 Å². The Hall–Kier alpha value is -2.00. The van der Waals surface area contributed by atoms with Crippen LogP contribution in [-0.4, -0.2) is 18.8 Å². The topological polar surface area (TPSA) is 38.7 Å². The molecule has 19 heavy (non-hydrogen) atoms. The van der Waals surface area contributed by atoms with Crippen molar-refractivity contribution < 1.29 is 14.6 Å². The zero-order chi connectivity index (χ0) is 13.2. The summed E-state index contributed by atoms with van der Waals surface area (Å²) in [6.07, 6.45) is 0.172. The summed E-state index contributed by atoms with van der Waals surface area (Å²) in [6.45, 7) is 0.686. The second kappa shape index (κ2) is 4.94. The maximum absolute atomic E-state index is 10.6. The number of rotatable bonds is 3. The van der Waals surface area contributed by atoms with E-state index in [-0.39, 0.29) is 0 Å². The Morgan fingerprint density at radius 3 is 2.74 bits per heavy atom. The Kier molecular flexibility index (Phi) is 3.13. The molecule has 0 aliphatic carbocycles. The molecule has 2 aromatic rings. The van der Waals surface area contributed by atoms with Crippen LogP contribution in [0.1, 0.15) is 22.8 Å². The number of hydrogen-bond donors (Lipinski definition) is 1. The van der Waals surface area contributed by atoms with Gasteiger partial charge >= 0.3 is 0 Å². The van der Waals surface area contributed by atoms with E-state index < -0.39 is 6.10 Å². The van der Waals surface area contributed by atoms with Gasteiger partial charge in [-0.1, -0.05) is 36.4 Å². The first-order valence-electron chi connectivity index (χ1n) is 6.37. The molecular formula is C16H16O3. The second-order valence-electron chi connectivity index (χ2n) is 4.58. The number of aliphatic hydroxyl groups excluding tert-OH is 1. The van der Waals surface area contributed by atoms with Crippen LogP contribution in [0.5, 0.6) is 11.5 Å². The largest absolute Gasteiger partial charge is 0.496 e. The molecule has 1 atom stereocenters. The third-order valence-electron chi connectivity index (χ3n) is 3.47. The number of ether oxygens (including phenoxy) is 2. The van der Waals surface area contributed by atoms with Crippen molar-refractivity contribution in [2.75, 3.05) is 13.7 Å². The van der Waals surface area contributed by atoms with E-state index in [0.29, 0.717) is 12.4 Å². The fourth-order valence-corrected chi connectivity index (χ4v) is 2.52. The molecule has 0 bridgehead atoms. The normalized spacial score (nSPS) is 14.6. The predicted molar refractivity (Wildman–Crippen MR) is 72.7 cm³/mol. The lowest BCUT2D eigenvalue weighted by molar-refractivity contribution is 0.208. The smallest absolute Gasteiger partial charge is 0.128 e. The Morgan fingerprint density at radius 1 is 1.11 bits per heavy atom. The number of fused-ring (bicyclic) bond motifs is 1. The molecule has 3 heteroatoms. The minimum Gasteiger partial charge on any atom is -0.496 e. The highest BCUT2D eigenvalue weighted by atomic mass is 16.5. The number of para-hydroxylation sites is 2. The highest BCUT2D eigenvalue weighted by Gasteiger charge is 2.23. The molecule has 1 heterocycles. The van der Waals surface area contributed by atoms with Crippen molar-refractivity contribution in [1.29, 1.82) is 0 Å². The predicted octanol–water partition coefficient (Wildman–Crippen LogP) is 2.71. The molecule has 1 N–H and O–H groups in total. The molecular weight excluding hydrogens is 240 g/mol. The van der Waals surface area contributed by atoms with E-state index in [2.05, 4.69) is 0 Å². The van der Waals surface area contributed by atoms with E-state index in [9.17, 15) is 5.11 Å². The number of aliphatic hydroxyl groups is 1. The average molecular weight is 256 g/mol. The summed E-state index contributed by atoms with van der Waals surface area (Å²) in [6, 6.07) is 13.4. The molecule has 3 nitrogen and oxygen atoms in total. The van der Waals surface area contributed by atoms with E-state index >= 15 is 0 Å². The van der Waals surface area contributed by atoms with Crippen LogP contribution >= 0.6 is 0 Å². The van der Waals surface area contributed by atoms with E-state index in [0.717, 1.165) is 28.9 Å². The third-order valence-corrected chi connectivity index (χ3v) is 3.47. The summed E-state index contributed by atoms with van der Waals surface area (Å²) in [7, 11) is 1.61. The third kappa shape index (κ3) is 2.06. The van der Waals surface area contributed by atoms with Gasteiger partial charge in [-0.05, 0) is 11.6 Å². The molecule has 98 valence electrons. The van der Waals surface area contributed by atoms with Crippen molar-refractivity contribution in [2.24, 2.45) is 0 Å². The zero-order valence-corrected chi connectivity index (χ0v) is 10.8. The Bertz CT molecular complexity index is 592. The lowest BCUT2D eigenvalue weighted by Gasteiger charge is -2.17. The van der Waals surface area contributed by atoms with Crippen LogP contribution in [0.3, 0.4) is 0 Å². The summed E-state index contributed by atoms with van der Waals surface area (Å²) in [5.74, 6) is 1.51. The molecule has 0 saturated carbocycles. The molecule has 2 aromatic carbocycles. The van der Waals surface area contributed by atoms with Crippen LogP contribution in [0.2, 0.25) is 0 Å². The van der Waals surface area contributed by atoms with Gasteiger partial charge in [0.25, 0.3) is 0 Å². The van der Waals surface area contributed by atoms with Gasteiger partial charge in [0.15, 0.2) is 0 Å². The van der Waals surface area contributed by atoms with Crippen molar-refractivity contribution in [3.8, 4) is 11.5 Å². The Balaban J connectivity index is 2.05. The molecule has 0 aromatic heterocycles. The minimum absolute atomic E-state index is 0.686. The number of methoxy groups -OCH3 is 1. The Morgan fingerprint density at radius 2 is 1.89 bits per heavy atom. The molecule has 0 radical (unpaired) electrons. The summed E-state index contributed by atoms with van der Waals surface area (Å²) in [5, 5.41) is 10.6. The average Bonchev–Trinajstić information content (AvgIpc) is 2.94. The van der Waals surface area contributed by atoms with Crippen LogP contribution in [-0.2, 0) is 6.42 Å². The van der Waals surface area contributed by atoms with Gasteiger partial charge in [0.1, 0.15) is 17.6 Å². The molecule has 0 amide bonds. The van der Waals surface area contributed by atoms with Crippen LogP contribution in [0, 0.1) is 0 Å². The van der Waals surface area contributed by atoms with Gasteiger partial charge in [0, 0.05) is 17.5 Å². The monoisotopic (exact) mass is 256 g/mol. The zero-order valence-electron chi connectivity index (χ0n) is 10.8. The van der Waals surface area contributed by atoms with Gasteiger partial charge in [0.05, 0.1) is 13.7 Å². The number of benzene rings is 2. The minimum atomic E-state index is -0.732. The van der Waals surface area contributed by atoms with Gasteiger partial charge in [-0.15, -0.1) is 0 Å². The van der Waals surface area contributed by atoms with E-state index in [1.54, 1.807) is 7.11 Å².